The van der Waals surface area contributed by atoms with Crippen LogP contribution in [0.25, 0.3) is 0 Å². The lowest BCUT2D eigenvalue weighted by atomic mass is 9.98. The first-order chi connectivity index (χ1) is 9.08. The number of carbonyl (C=O) groups is 1. The Bertz CT molecular complexity index is 376. The molecule has 0 N–H and O–H groups in total. The normalized spacial score (nSPS) is 12.7. The second kappa shape index (κ2) is 7.95. The van der Waals surface area contributed by atoms with Crippen molar-refractivity contribution in [2.24, 2.45) is 5.92 Å². The molecule has 0 saturated heterocycles. The van der Waals surface area contributed by atoms with Crippen LogP contribution in [0.15, 0.2) is 30.3 Å². The highest BCUT2D eigenvalue weighted by atomic mass is 16.5. The molecule has 0 saturated carbocycles. The zero-order chi connectivity index (χ0) is 14.3. The Morgan fingerprint density at radius 2 is 1.84 bits per heavy atom. The zero-order valence-electron chi connectivity index (χ0n) is 12.4. The maximum atomic E-state index is 12.0. The number of hydrogen-bond donors (Lipinski definition) is 0. The number of rotatable bonds is 7. The molecule has 106 valence electrons. The first-order valence-electron chi connectivity index (χ1n) is 6.93. The first kappa shape index (κ1) is 15.7. The summed E-state index contributed by atoms with van der Waals surface area (Å²) in [6, 6.07) is 9.87. The monoisotopic (exact) mass is 263 g/mol. The van der Waals surface area contributed by atoms with Gasteiger partial charge in [0.25, 0.3) is 0 Å². The van der Waals surface area contributed by atoms with Crippen LogP contribution in [-0.4, -0.2) is 37.6 Å². The number of hydrogen-bond acceptors (Lipinski definition) is 3. The number of benzene rings is 1. The van der Waals surface area contributed by atoms with Gasteiger partial charge in [-0.25, -0.2) is 0 Å². The number of esters is 1. The molecule has 0 aromatic heterocycles. The largest absolute Gasteiger partial charge is 0.469 e. The maximum absolute atomic E-state index is 12.0. The van der Waals surface area contributed by atoms with Gasteiger partial charge in [-0.3, -0.25) is 4.79 Å². The average Bonchev–Trinajstić information content (AvgIpc) is 2.43. The molecule has 0 radical (unpaired) electrons. The molecule has 0 fully saturated rings. The summed E-state index contributed by atoms with van der Waals surface area (Å²) in [5.74, 6) is 0.229. The zero-order valence-corrected chi connectivity index (χ0v) is 12.4. The summed E-state index contributed by atoms with van der Waals surface area (Å²) in [7, 11) is 1.46. The Hall–Kier alpha value is -1.35. The fourth-order valence-electron chi connectivity index (χ4n) is 2.25. The Kier molecular flexibility index (Phi) is 6.57. The maximum Gasteiger partial charge on any atom is 0.314 e. The van der Waals surface area contributed by atoms with E-state index in [-0.39, 0.29) is 11.9 Å². The van der Waals surface area contributed by atoms with Crippen molar-refractivity contribution in [1.29, 1.82) is 0 Å². The van der Waals surface area contributed by atoms with E-state index in [9.17, 15) is 4.79 Å². The highest BCUT2D eigenvalue weighted by Gasteiger charge is 2.23. The van der Waals surface area contributed by atoms with Crippen molar-refractivity contribution in [3.63, 3.8) is 0 Å². The van der Waals surface area contributed by atoms with E-state index >= 15 is 0 Å². The summed E-state index contributed by atoms with van der Waals surface area (Å²) in [5, 5.41) is 0. The molecule has 0 spiro atoms. The third-order valence-corrected chi connectivity index (χ3v) is 3.20. The summed E-state index contributed by atoms with van der Waals surface area (Å²) in [6.07, 6.45) is 0. The predicted molar refractivity (Wildman–Crippen MR) is 78.2 cm³/mol. The van der Waals surface area contributed by atoms with Gasteiger partial charge in [0.1, 0.15) is 0 Å². The fraction of sp³-hybridized carbons (Fsp3) is 0.562. The molecule has 1 aromatic rings. The van der Waals surface area contributed by atoms with Gasteiger partial charge in [-0.05, 0) is 18.0 Å². The quantitative estimate of drug-likeness (QED) is 0.708. The standard InChI is InChI=1S/C16H25NO2/c1-5-17(11-13(2)3)12-15(16(18)19-4)14-9-7-6-8-10-14/h6-10,13,15H,5,11-12H2,1-4H3. The smallest absolute Gasteiger partial charge is 0.314 e. The molecule has 0 amide bonds. The summed E-state index contributed by atoms with van der Waals surface area (Å²) >= 11 is 0. The Morgan fingerprint density at radius 3 is 2.32 bits per heavy atom. The van der Waals surface area contributed by atoms with E-state index in [0.717, 1.165) is 18.7 Å². The minimum absolute atomic E-state index is 0.159. The van der Waals surface area contributed by atoms with Gasteiger partial charge in [-0.1, -0.05) is 51.1 Å². The molecule has 0 heterocycles. The Labute approximate surface area is 116 Å². The fourth-order valence-corrected chi connectivity index (χ4v) is 2.25. The van der Waals surface area contributed by atoms with Crippen LogP contribution in [-0.2, 0) is 9.53 Å². The lowest BCUT2D eigenvalue weighted by Crippen LogP contribution is -2.34. The number of nitrogens with zero attached hydrogens (tertiary/aromatic N) is 1. The van der Waals surface area contributed by atoms with E-state index in [2.05, 4.69) is 25.7 Å². The molecule has 0 bridgehead atoms. The third-order valence-electron chi connectivity index (χ3n) is 3.20. The van der Waals surface area contributed by atoms with Crippen LogP contribution in [0.3, 0.4) is 0 Å². The van der Waals surface area contributed by atoms with Crippen LogP contribution >= 0.6 is 0 Å². The van der Waals surface area contributed by atoms with Gasteiger partial charge < -0.3 is 9.64 Å². The van der Waals surface area contributed by atoms with E-state index in [1.165, 1.54) is 7.11 Å². The summed E-state index contributed by atoms with van der Waals surface area (Å²) in [4.78, 5) is 14.3. The van der Waals surface area contributed by atoms with Crippen LogP contribution in [0.5, 0.6) is 0 Å². The molecule has 3 nitrogen and oxygen atoms in total. The SMILES string of the molecule is CCN(CC(C)C)CC(C(=O)OC)c1ccccc1. The second-order valence-electron chi connectivity index (χ2n) is 5.23. The highest BCUT2D eigenvalue weighted by molar-refractivity contribution is 5.78. The van der Waals surface area contributed by atoms with E-state index in [0.29, 0.717) is 12.5 Å². The van der Waals surface area contributed by atoms with Crippen molar-refractivity contribution in [2.75, 3.05) is 26.7 Å². The molecule has 1 aromatic carbocycles. The van der Waals surface area contributed by atoms with Crippen molar-refractivity contribution in [3.05, 3.63) is 35.9 Å². The first-order valence-corrected chi connectivity index (χ1v) is 6.93. The highest BCUT2D eigenvalue weighted by Crippen LogP contribution is 2.19. The second-order valence-corrected chi connectivity index (χ2v) is 5.23. The molecular formula is C16H25NO2. The van der Waals surface area contributed by atoms with Crippen LogP contribution in [0.2, 0.25) is 0 Å². The topological polar surface area (TPSA) is 29.5 Å². The van der Waals surface area contributed by atoms with Crippen molar-refractivity contribution >= 4 is 5.97 Å². The molecule has 0 aliphatic rings. The van der Waals surface area contributed by atoms with Crippen LogP contribution in [0.4, 0.5) is 0 Å². The predicted octanol–water partition coefficient (Wildman–Crippen LogP) is 2.92. The Morgan fingerprint density at radius 1 is 1.21 bits per heavy atom. The van der Waals surface area contributed by atoms with E-state index < -0.39 is 0 Å². The lowest BCUT2D eigenvalue weighted by molar-refractivity contribution is -0.143. The van der Waals surface area contributed by atoms with Crippen LogP contribution in [0.1, 0.15) is 32.3 Å². The molecule has 3 heteroatoms. The number of likely N-dealkylation sites (N-methyl/N-ethyl adjacent to an activating group) is 1. The molecule has 0 aliphatic carbocycles. The van der Waals surface area contributed by atoms with Crippen molar-refractivity contribution in [2.45, 2.75) is 26.7 Å². The summed E-state index contributed by atoms with van der Waals surface area (Å²) in [5.41, 5.74) is 1.02. The van der Waals surface area contributed by atoms with Gasteiger partial charge in [-0.2, -0.15) is 0 Å². The number of ether oxygens (including phenoxy) is 1. The van der Waals surface area contributed by atoms with Gasteiger partial charge >= 0.3 is 5.97 Å². The molecule has 0 aliphatic heterocycles. The number of carbonyl (C=O) groups excluding carboxylic acids is 1. The lowest BCUT2D eigenvalue weighted by Gasteiger charge is -2.26. The van der Waals surface area contributed by atoms with E-state index in [1.54, 1.807) is 0 Å². The molecule has 1 rings (SSSR count). The van der Waals surface area contributed by atoms with Crippen LogP contribution < -0.4 is 0 Å². The third kappa shape index (κ3) is 5.03. The minimum atomic E-state index is -0.204. The van der Waals surface area contributed by atoms with E-state index in [1.807, 2.05) is 30.3 Å². The number of methoxy groups -OCH3 is 1. The van der Waals surface area contributed by atoms with Gasteiger partial charge in [0.2, 0.25) is 0 Å². The molecule has 19 heavy (non-hydrogen) atoms. The van der Waals surface area contributed by atoms with E-state index in [4.69, 9.17) is 4.74 Å². The average molecular weight is 263 g/mol. The Balaban J connectivity index is 2.83. The van der Waals surface area contributed by atoms with Gasteiger partial charge in [0, 0.05) is 13.1 Å². The van der Waals surface area contributed by atoms with Crippen LogP contribution in [0, 0.1) is 5.92 Å². The summed E-state index contributed by atoms with van der Waals surface area (Å²) < 4.78 is 4.95. The van der Waals surface area contributed by atoms with Crippen molar-refractivity contribution in [3.8, 4) is 0 Å². The van der Waals surface area contributed by atoms with Gasteiger partial charge in [0.05, 0.1) is 13.0 Å². The van der Waals surface area contributed by atoms with Gasteiger partial charge in [-0.15, -0.1) is 0 Å². The van der Waals surface area contributed by atoms with Crippen molar-refractivity contribution < 1.29 is 9.53 Å². The molecule has 1 atom stereocenters. The van der Waals surface area contributed by atoms with Gasteiger partial charge in [0.15, 0.2) is 0 Å². The molecule has 1 unspecified atom stereocenters. The van der Waals surface area contributed by atoms with Crippen molar-refractivity contribution in [1.82, 2.24) is 4.90 Å². The molecular weight excluding hydrogens is 238 g/mol. The summed E-state index contributed by atoms with van der Waals surface area (Å²) in [6.45, 7) is 9.17. The minimum Gasteiger partial charge on any atom is -0.469 e.